The van der Waals surface area contributed by atoms with Crippen molar-refractivity contribution in [1.82, 2.24) is 0 Å². The summed E-state index contributed by atoms with van der Waals surface area (Å²) in [5, 5.41) is 23.0. The minimum atomic E-state index is -0.825. The van der Waals surface area contributed by atoms with Crippen LogP contribution in [-0.4, -0.2) is 51.5 Å². The summed E-state index contributed by atoms with van der Waals surface area (Å²) in [7, 11) is 0. The SMILES string of the molecule is CCOC(=O)c1ccc(NC(=O)CC2SC(=N/N=C3\C(=O)Nc4ccc(C)cc43)N(c3ccc(O)cc3)C2=O)cc1. The smallest absolute Gasteiger partial charge is 0.338 e. The highest BCUT2D eigenvalue weighted by molar-refractivity contribution is 8.16. The first-order valence-corrected chi connectivity index (χ1v) is 13.6. The van der Waals surface area contributed by atoms with Crippen LogP contribution < -0.4 is 15.5 Å². The molecule has 3 N–H and O–H groups in total. The first kappa shape index (κ1) is 27.6. The Kier molecular flexibility index (Phi) is 7.83. The van der Waals surface area contributed by atoms with Gasteiger partial charge in [0, 0.05) is 17.7 Å². The van der Waals surface area contributed by atoms with Crippen molar-refractivity contribution in [3.8, 4) is 5.75 Å². The number of amidine groups is 1. The number of amides is 3. The van der Waals surface area contributed by atoms with Crippen molar-refractivity contribution in [2.45, 2.75) is 25.5 Å². The summed E-state index contributed by atoms with van der Waals surface area (Å²) in [4.78, 5) is 52.1. The molecule has 11 nitrogen and oxygen atoms in total. The molecule has 3 aromatic rings. The minimum Gasteiger partial charge on any atom is -0.508 e. The molecular weight excluding hydrogens is 546 g/mol. The number of aromatic hydroxyl groups is 1. The largest absolute Gasteiger partial charge is 0.508 e. The molecule has 0 saturated carbocycles. The van der Waals surface area contributed by atoms with E-state index in [1.165, 1.54) is 17.0 Å². The topological polar surface area (TPSA) is 150 Å². The van der Waals surface area contributed by atoms with E-state index in [0.717, 1.165) is 17.3 Å². The van der Waals surface area contributed by atoms with Crippen LogP contribution in [0, 0.1) is 6.92 Å². The van der Waals surface area contributed by atoms with Gasteiger partial charge in [0.1, 0.15) is 11.0 Å². The highest BCUT2D eigenvalue weighted by Gasteiger charge is 2.40. The van der Waals surface area contributed by atoms with E-state index >= 15 is 0 Å². The number of phenols is 1. The normalized spacial score (nSPS) is 18.0. The maximum absolute atomic E-state index is 13.5. The Balaban J connectivity index is 1.37. The molecule has 208 valence electrons. The highest BCUT2D eigenvalue weighted by atomic mass is 32.2. The van der Waals surface area contributed by atoms with Gasteiger partial charge in [0.05, 0.1) is 23.5 Å². The number of nitrogens with zero attached hydrogens (tertiary/aromatic N) is 3. The molecule has 2 heterocycles. The molecule has 3 amide bonds. The van der Waals surface area contributed by atoms with E-state index < -0.39 is 28.9 Å². The summed E-state index contributed by atoms with van der Waals surface area (Å²) in [6.07, 6.45) is -0.171. The summed E-state index contributed by atoms with van der Waals surface area (Å²) in [5.74, 6) is -1.68. The summed E-state index contributed by atoms with van der Waals surface area (Å²) in [5.41, 5.74) is 3.51. The van der Waals surface area contributed by atoms with Crippen LogP contribution in [0.15, 0.2) is 76.9 Å². The molecule has 3 aromatic carbocycles. The fourth-order valence-corrected chi connectivity index (χ4v) is 5.33. The van der Waals surface area contributed by atoms with Crippen LogP contribution in [0.4, 0.5) is 17.1 Å². The number of hydrogen-bond acceptors (Lipinski definition) is 9. The molecule has 1 atom stereocenters. The number of esters is 1. The molecule has 0 bridgehead atoms. The van der Waals surface area contributed by atoms with Crippen molar-refractivity contribution < 1.29 is 29.0 Å². The maximum Gasteiger partial charge on any atom is 0.338 e. The Labute approximate surface area is 239 Å². The summed E-state index contributed by atoms with van der Waals surface area (Å²) < 4.78 is 4.97. The molecule has 1 fully saturated rings. The standard InChI is InChI=1S/C29H25N5O6S/c1-3-40-28(39)17-5-7-18(8-6-17)30-24(36)15-23-27(38)34(19-9-11-20(35)12-10-19)29(41-23)33-32-25-21-14-16(2)4-13-22(21)31-26(25)37/h4-14,23,35H,3,15H2,1-2H3,(H,30,36)(H,31,32,37). The molecule has 2 aliphatic rings. The first-order valence-electron chi connectivity index (χ1n) is 12.7. The van der Waals surface area contributed by atoms with Crippen LogP contribution >= 0.6 is 11.8 Å². The molecule has 12 heteroatoms. The summed E-state index contributed by atoms with van der Waals surface area (Å²) in [6, 6.07) is 17.7. The van der Waals surface area contributed by atoms with Gasteiger partial charge in [0.15, 0.2) is 10.9 Å². The van der Waals surface area contributed by atoms with Gasteiger partial charge >= 0.3 is 5.97 Å². The number of carbonyl (C=O) groups excluding carboxylic acids is 4. The maximum atomic E-state index is 13.5. The van der Waals surface area contributed by atoms with E-state index in [1.807, 2.05) is 19.1 Å². The Morgan fingerprint density at radius 3 is 2.49 bits per heavy atom. The van der Waals surface area contributed by atoms with Gasteiger partial charge < -0.3 is 20.5 Å². The molecule has 41 heavy (non-hydrogen) atoms. The Bertz CT molecular complexity index is 1600. The van der Waals surface area contributed by atoms with E-state index in [0.29, 0.717) is 28.2 Å². The zero-order chi connectivity index (χ0) is 29.1. The van der Waals surface area contributed by atoms with E-state index in [4.69, 9.17) is 4.74 Å². The second kappa shape index (κ2) is 11.6. The lowest BCUT2D eigenvalue weighted by Crippen LogP contribution is -2.33. The number of ether oxygens (including phenoxy) is 1. The number of thioether (sulfide) groups is 1. The van der Waals surface area contributed by atoms with Gasteiger partial charge in [-0.25, -0.2) is 4.79 Å². The van der Waals surface area contributed by atoms with Gasteiger partial charge in [-0.3, -0.25) is 19.3 Å². The molecule has 2 aliphatic heterocycles. The molecule has 0 aromatic heterocycles. The number of anilines is 3. The van der Waals surface area contributed by atoms with Crippen molar-refractivity contribution in [1.29, 1.82) is 0 Å². The van der Waals surface area contributed by atoms with E-state index in [-0.39, 0.29) is 29.7 Å². The fraction of sp³-hybridized carbons (Fsp3) is 0.172. The van der Waals surface area contributed by atoms with Gasteiger partial charge in [0.25, 0.3) is 5.91 Å². The molecule has 5 rings (SSSR count). The lowest BCUT2D eigenvalue weighted by atomic mass is 10.1. The van der Waals surface area contributed by atoms with Gasteiger partial charge in [-0.2, -0.15) is 0 Å². The Morgan fingerprint density at radius 1 is 1.05 bits per heavy atom. The lowest BCUT2D eigenvalue weighted by molar-refractivity contribution is -0.121. The predicted molar refractivity (Wildman–Crippen MR) is 156 cm³/mol. The van der Waals surface area contributed by atoms with Crippen molar-refractivity contribution in [3.63, 3.8) is 0 Å². The molecule has 1 saturated heterocycles. The Hall–Kier alpha value is -4.97. The van der Waals surface area contributed by atoms with Gasteiger partial charge in [-0.05, 0) is 74.5 Å². The monoisotopic (exact) mass is 571 g/mol. The lowest BCUT2D eigenvalue weighted by Gasteiger charge is -2.16. The number of fused-ring (bicyclic) bond motifs is 1. The predicted octanol–water partition coefficient (Wildman–Crippen LogP) is 4.07. The third kappa shape index (κ3) is 5.97. The van der Waals surface area contributed by atoms with E-state index in [9.17, 15) is 24.3 Å². The number of carbonyl (C=O) groups is 4. The van der Waals surface area contributed by atoms with Crippen LogP contribution in [0.5, 0.6) is 5.75 Å². The number of hydrogen-bond donors (Lipinski definition) is 3. The Morgan fingerprint density at radius 2 is 1.78 bits per heavy atom. The average Bonchev–Trinajstić information content (AvgIpc) is 3.42. The van der Waals surface area contributed by atoms with Gasteiger partial charge in [-0.15, -0.1) is 10.2 Å². The first-order chi connectivity index (χ1) is 19.7. The number of benzene rings is 3. The van der Waals surface area contributed by atoms with E-state index in [1.54, 1.807) is 49.4 Å². The number of rotatable bonds is 7. The summed E-state index contributed by atoms with van der Waals surface area (Å²) in [6.45, 7) is 3.87. The quantitative estimate of drug-likeness (QED) is 0.286. The molecule has 1 unspecified atom stereocenters. The van der Waals surface area contributed by atoms with Crippen LogP contribution in [0.25, 0.3) is 0 Å². The van der Waals surface area contributed by atoms with Crippen LogP contribution in [0.3, 0.4) is 0 Å². The van der Waals surface area contributed by atoms with Crippen molar-refractivity contribution in [2.75, 3.05) is 22.1 Å². The second-order valence-electron chi connectivity index (χ2n) is 9.18. The van der Waals surface area contributed by atoms with Gasteiger partial charge in [-0.1, -0.05) is 23.4 Å². The third-order valence-corrected chi connectivity index (χ3v) is 7.35. The number of aryl methyl sites for hydroxylation is 1. The molecule has 0 spiro atoms. The highest BCUT2D eigenvalue weighted by Crippen LogP contribution is 2.35. The zero-order valence-electron chi connectivity index (χ0n) is 22.1. The third-order valence-electron chi connectivity index (χ3n) is 6.22. The van der Waals surface area contributed by atoms with Crippen LogP contribution in [-0.2, 0) is 19.1 Å². The average molecular weight is 572 g/mol. The molecule has 0 radical (unpaired) electrons. The second-order valence-corrected chi connectivity index (χ2v) is 10.4. The van der Waals surface area contributed by atoms with E-state index in [2.05, 4.69) is 20.8 Å². The zero-order valence-corrected chi connectivity index (χ0v) is 22.9. The fourth-order valence-electron chi connectivity index (χ4n) is 4.25. The molecule has 0 aliphatic carbocycles. The number of nitrogens with one attached hydrogen (secondary N) is 2. The number of phenolic OH excluding ortho intramolecular Hbond substituents is 1. The summed E-state index contributed by atoms with van der Waals surface area (Å²) >= 11 is 1.05. The van der Waals surface area contributed by atoms with Crippen LogP contribution in [0.1, 0.15) is 34.8 Å². The minimum absolute atomic E-state index is 0.0197. The van der Waals surface area contributed by atoms with Crippen molar-refractivity contribution in [3.05, 3.63) is 83.4 Å². The van der Waals surface area contributed by atoms with Gasteiger partial charge in [0.2, 0.25) is 11.8 Å². The van der Waals surface area contributed by atoms with Crippen LogP contribution in [0.2, 0.25) is 0 Å². The van der Waals surface area contributed by atoms with Crippen molar-refractivity contribution in [2.24, 2.45) is 10.2 Å². The van der Waals surface area contributed by atoms with Crippen molar-refractivity contribution >= 4 is 63.4 Å². The molecular formula is C29H25N5O6S.